The topological polar surface area (TPSA) is 12.9 Å². The van der Waals surface area contributed by atoms with E-state index in [9.17, 15) is 0 Å². The van der Waals surface area contributed by atoms with Gasteiger partial charge in [-0.2, -0.15) is 0 Å². The average Bonchev–Trinajstić information content (AvgIpc) is 2.94. The smallest absolute Gasteiger partial charge is 0.0435 e. The van der Waals surface area contributed by atoms with E-state index in [1.807, 2.05) is 6.20 Å². The summed E-state index contributed by atoms with van der Waals surface area (Å²) in [6, 6.07) is 9.11. The maximum absolute atomic E-state index is 4.51. The van der Waals surface area contributed by atoms with Crippen LogP contribution in [0.4, 0.5) is 0 Å². The van der Waals surface area contributed by atoms with E-state index >= 15 is 0 Å². The molecular weight excluding hydrogens is 254 g/mol. The van der Waals surface area contributed by atoms with Crippen molar-refractivity contribution < 1.29 is 0 Å². The fraction of sp³-hybridized carbons (Fsp3) is 0.450. The Hall–Kier alpha value is -1.63. The Morgan fingerprint density at radius 3 is 2.48 bits per heavy atom. The van der Waals surface area contributed by atoms with Crippen molar-refractivity contribution in [2.24, 2.45) is 0 Å². The second kappa shape index (κ2) is 5.63. The highest BCUT2D eigenvalue weighted by Crippen LogP contribution is 2.38. The Kier molecular flexibility index (Phi) is 3.84. The number of fused-ring (bicyclic) bond motifs is 1. The van der Waals surface area contributed by atoms with E-state index in [1.165, 1.54) is 36.1 Å². The summed E-state index contributed by atoms with van der Waals surface area (Å²) < 4.78 is 0. The van der Waals surface area contributed by atoms with Gasteiger partial charge in [0.05, 0.1) is 0 Å². The third-order valence-corrected chi connectivity index (χ3v) is 4.59. The van der Waals surface area contributed by atoms with Crippen LogP contribution in [0.15, 0.2) is 30.5 Å². The van der Waals surface area contributed by atoms with E-state index in [-0.39, 0.29) is 0 Å². The van der Waals surface area contributed by atoms with Crippen LogP contribution < -0.4 is 0 Å². The molecule has 0 amide bonds. The van der Waals surface area contributed by atoms with Crippen LogP contribution in [-0.2, 0) is 12.8 Å². The van der Waals surface area contributed by atoms with Crippen molar-refractivity contribution in [2.45, 2.75) is 58.8 Å². The maximum Gasteiger partial charge on any atom is 0.0435 e. The monoisotopic (exact) mass is 279 g/mol. The molecule has 1 aromatic heterocycles. The van der Waals surface area contributed by atoms with Crippen LogP contribution in [0.1, 0.15) is 68.3 Å². The molecule has 2 aromatic rings. The lowest BCUT2D eigenvalue weighted by Gasteiger charge is -2.19. The van der Waals surface area contributed by atoms with Crippen molar-refractivity contribution in [1.82, 2.24) is 4.98 Å². The van der Waals surface area contributed by atoms with Crippen LogP contribution in [0, 0.1) is 0 Å². The summed E-state index contributed by atoms with van der Waals surface area (Å²) in [6.45, 7) is 9.06. The Labute approximate surface area is 128 Å². The molecular formula is C20H25N. The van der Waals surface area contributed by atoms with Crippen LogP contribution in [0.5, 0.6) is 0 Å². The molecule has 0 N–H and O–H groups in total. The summed E-state index contributed by atoms with van der Waals surface area (Å²) >= 11 is 0. The SMILES string of the molecule is CC(C)c1cc(-c2ccc3c(c2C(C)C)CCC3)ccn1. The van der Waals surface area contributed by atoms with Gasteiger partial charge in [-0.15, -0.1) is 0 Å². The number of benzene rings is 1. The number of pyridine rings is 1. The molecule has 0 radical (unpaired) electrons. The standard InChI is InChI=1S/C20H25N/c1-13(2)19-12-16(10-11-21-19)18-9-8-15-6-5-7-17(15)20(18)14(3)4/h8-14H,5-7H2,1-4H3. The zero-order valence-electron chi connectivity index (χ0n) is 13.6. The molecule has 21 heavy (non-hydrogen) atoms. The van der Waals surface area contributed by atoms with Gasteiger partial charge in [0.25, 0.3) is 0 Å². The van der Waals surface area contributed by atoms with E-state index < -0.39 is 0 Å². The number of nitrogens with zero attached hydrogens (tertiary/aromatic N) is 1. The van der Waals surface area contributed by atoms with E-state index in [1.54, 1.807) is 16.7 Å². The fourth-order valence-corrected chi connectivity index (χ4v) is 3.54. The van der Waals surface area contributed by atoms with Gasteiger partial charge >= 0.3 is 0 Å². The minimum absolute atomic E-state index is 0.474. The minimum Gasteiger partial charge on any atom is -0.261 e. The summed E-state index contributed by atoms with van der Waals surface area (Å²) in [5.74, 6) is 1.05. The van der Waals surface area contributed by atoms with Gasteiger partial charge in [-0.25, -0.2) is 0 Å². The highest BCUT2D eigenvalue weighted by atomic mass is 14.7. The molecule has 0 unspecified atom stereocenters. The Morgan fingerprint density at radius 2 is 1.76 bits per heavy atom. The van der Waals surface area contributed by atoms with Crippen LogP contribution >= 0.6 is 0 Å². The number of aryl methyl sites for hydroxylation is 1. The van der Waals surface area contributed by atoms with Crippen LogP contribution in [0.25, 0.3) is 11.1 Å². The van der Waals surface area contributed by atoms with Gasteiger partial charge in [0, 0.05) is 11.9 Å². The highest BCUT2D eigenvalue weighted by Gasteiger charge is 2.20. The molecule has 0 saturated carbocycles. The van der Waals surface area contributed by atoms with Gasteiger partial charge in [-0.1, -0.05) is 39.8 Å². The quantitative estimate of drug-likeness (QED) is 0.724. The van der Waals surface area contributed by atoms with Gasteiger partial charge in [-0.05, 0) is 71.0 Å². The molecule has 0 spiro atoms. The number of hydrogen-bond acceptors (Lipinski definition) is 1. The van der Waals surface area contributed by atoms with Crippen LogP contribution in [0.3, 0.4) is 0 Å². The lowest BCUT2D eigenvalue weighted by Crippen LogP contribution is -2.01. The van der Waals surface area contributed by atoms with Gasteiger partial charge < -0.3 is 0 Å². The second-order valence-corrected chi connectivity index (χ2v) is 6.80. The lowest BCUT2D eigenvalue weighted by atomic mass is 9.86. The largest absolute Gasteiger partial charge is 0.261 e. The summed E-state index contributed by atoms with van der Waals surface area (Å²) in [6.07, 6.45) is 5.77. The average molecular weight is 279 g/mol. The van der Waals surface area contributed by atoms with Crippen LogP contribution in [-0.4, -0.2) is 4.98 Å². The molecule has 0 saturated heterocycles. The second-order valence-electron chi connectivity index (χ2n) is 6.80. The molecule has 110 valence electrons. The number of rotatable bonds is 3. The summed E-state index contributed by atoms with van der Waals surface area (Å²) in [5, 5.41) is 0. The third-order valence-electron chi connectivity index (χ3n) is 4.59. The van der Waals surface area contributed by atoms with Crippen molar-refractivity contribution in [3.8, 4) is 11.1 Å². The first-order chi connectivity index (χ1) is 10.1. The summed E-state index contributed by atoms with van der Waals surface area (Å²) in [5.41, 5.74) is 8.67. The van der Waals surface area contributed by atoms with Crippen molar-refractivity contribution in [2.75, 3.05) is 0 Å². The molecule has 0 bridgehead atoms. The molecule has 1 heterocycles. The zero-order valence-corrected chi connectivity index (χ0v) is 13.6. The van der Waals surface area contributed by atoms with E-state index in [0.29, 0.717) is 11.8 Å². The van der Waals surface area contributed by atoms with Crippen molar-refractivity contribution >= 4 is 0 Å². The first kappa shape index (κ1) is 14.3. The molecule has 0 aliphatic heterocycles. The van der Waals surface area contributed by atoms with Gasteiger partial charge in [-0.3, -0.25) is 4.98 Å². The third kappa shape index (κ3) is 2.62. The number of aromatic nitrogens is 1. The molecule has 1 aliphatic rings. The Morgan fingerprint density at radius 1 is 0.952 bits per heavy atom. The van der Waals surface area contributed by atoms with Crippen molar-refractivity contribution in [3.05, 3.63) is 52.8 Å². The maximum atomic E-state index is 4.51. The molecule has 0 fully saturated rings. The fourth-order valence-electron chi connectivity index (χ4n) is 3.54. The first-order valence-corrected chi connectivity index (χ1v) is 8.19. The first-order valence-electron chi connectivity index (χ1n) is 8.19. The van der Waals surface area contributed by atoms with Crippen molar-refractivity contribution in [1.29, 1.82) is 0 Å². The summed E-state index contributed by atoms with van der Waals surface area (Å²) in [4.78, 5) is 4.51. The van der Waals surface area contributed by atoms with Gasteiger partial charge in [0.1, 0.15) is 0 Å². The minimum atomic E-state index is 0.474. The zero-order chi connectivity index (χ0) is 15.0. The predicted octanol–water partition coefficient (Wildman–Crippen LogP) is 5.48. The normalized spacial score (nSPS) is 14.0. The predicted molar refractivity (Wildman–Crippen MR) is 89.9 cm³/mol. The molecule has 1 aromatic carbocycles. The van der Waals surface area contributed by atoms with Gasteiger partial charge in [0.15, 0.2) is 0 Å². The van der Waals surface area contributed by atoms with E-state index in [0.717, 1.165) is 0 Å². The molecule has 1 nitrogen and oxygen atoms in total. The molecule has 0 atom stereocenters. The van der Waals surface area contributed by atoms with Gasteiger partial charge in [0.2, 0.25) is 0 Å². The highest BCUT2D eigenvalue weighted by molar-refractivity contribution is 5.71. The Bertz CT molecular complexity index is 653. The van der Waals surface area contributed by atoms with E-state index in [4.69, 9.17) is 0 Å². The Balaban J connectivity index is 2.17. The van der Waals surface area contributed by atoms with Crippen molar-refractivity contribution in [3.63, 3.8) is 0 Å². The summed E-state index contributed by atoms with van der Waals surface area (Å²) in [7, 11) is 0. The molecule has 1 aliphatic carbocycles. The van der Waals surface area contributed by atoms with E-state index in [2.05, 4.69) is 56.9 Å². The number of hydrogen-bond donors (Lipinski definition) is 0. The van der Waals surface area contributed by atoms with Crippen LogP contribution in [0.2, 0.25) is 0 Å². The molecule has 3 rings (SSSR count). The molecule has 1 heteroatoms. The lowest BCUT2D eigenvalue weighted by molar-refractivity contribution is 0.822.